The molecule has 1 fully saturated rings. The molecule has 1 aromatic rings. The smallest absolute Gasteiger partial charge is 0.302 e. The van der Waals surface area contributed by atoms with E-state index in [1.165, 1.54) is 6.07 Å². The number of hydrogen-bond donors (Lipinski definition) is 1. The molecule has 0 aliphatic carbocycles. The fraction of sp³-hybridized carbons (Fsp3) is 0.500. The molecule has 0 radical (unpaired) electrons. The van der Waals surface area contributed by atoms with Gasteiger partial charge in [-0.15, -0.1) is 0 Å². The minimum absolute atomic E-state index is 0.165. The number of nitrogens with zero attached hydrogens (tertiary/aromatic N) is 2. The summed E-state index contributed by atoms with van der Waals surface area (Å²) in [6.07, 6.45) is 2.39. The minimum atomic E-state index is -0.333. The van der Waals surface area contributed by atoms with E-state index in [1.54, 1.807) is 10.8 Å². The minimum Gasteiger partial charge on any atom is -0.458 e. The highest BCUT2D eigenvalue weighted by Gasteiger charge is 2.42. The highest BCUT2D eigenvalue weighted by atomic mass is 16.6. The third kappa shape index (κ3) is 1.68. The first-order valence-electron chi connectivity index (χ1n) is 5.36. The summed E-state index contributed by atoms with van der Waals surface area (Å²) in [4.78, 5) is 25.2. The van der Waals surface area contributed by atoms with Crippen LogP contribution in [0.15, 0.2) is 17.1 Å². The van der Waals surface area contributed by atoms with E-state index in [0.717, 1.165) is 0 Å². The van der Waals surface area contributed by atoms with Gasteiger partial charge in [0.25, 0.3) is 5.56 Å². The average molecular weight is 237 g/mol. The van der Waals surface area contributed by atoms with Crippen LogP contribution in [0.3, 0.4) is 0 Å². The summed E-state index contributed by atoms with van der Waals surface area (Å²) >= 11 is 0. The van der Waals surface area contributed by atoms with Crippen molar-refractivity contribution in [2.75, 3.05) is 6.54 Å². The predicted molar refractivity (Wildman–Crippen MR) is 55.5 cm³/mol. The molecule has 0 spiro atoms. The molecule has 3 rings (SSSR count). The van der Waals surface area contributed by atoms with Crippen molar-refractivity contribution in [1.29, 1.82) is 0 Å². The summed E-state index contributed by atoms with van der Waals surface area (Å²) in [5.74, 6) is 0. The van der Waals surface area contributed by atoms with E-state index in [9.17, 15) is 9.59 Å². The fourth-order valence-electron chi connectivity index (χ4n) is 2.18. The van der Waals surface area contributed by atoms with Gasteiger partial charge in [0.15, 0.2) is 0 Å². The second-order valence-electron chi connectivity index (χ2n) is 4.00. The van der Waals surface area contributed by atoms with Crippen LogP contribution in [-0.4, -0.2) is 34.7 Å². The van der Waals surface area contributed by atoms with Crippen LogP contribution in [0.4, 0.5) is 0 Å². The second kappa shape index (κ2) is 3.85. The van der Waals surface area contributed by atoms with Crippen LogP contribution in [0.5, 0.6) is 6.01 Å². The van der Waals surface area contributed by atoms with Crippen molar-refractivity contribution < 1.29 is 14.3 Å². The molecular weight excluding hydrogens is 226 g/mol. The lowest BCUT2D eigenvalue weighted by atomic mass is 10.1. The number of aromatic nitrogens is 2. The number of fused-ring (bicyclic) bond motifs is 4. The zero-order valence-electron chi connectivity index (χ0n) is 8.91. The van der Waals surface area contributed by atoms with Gasteiger partial charge in [0.05, 0.1) is 0 Å². The lowest BCUT2D eigenvalue weighted by molar-refractivity contribution is -0.110. The maximum Gasteiger partial charge on any atom is 0.302 e. The van der Waals surface area contributed by atoms with Gasteiger partial charge in [0, 0.05) is 25.2 Å². The maximum atomic E-state index is 11.1. The van der Waals surface area contributed by atoms with Crippen molar-refractivity contribution in [3.05, 3.63) is 22.6 Å². The summed E-state index contributed by atoms with van der Waals surface area (Å²) in [5.41, 5.74) is -0.333. The summed E-state index contributed by atoms with van der Waals surface area (Å²) in [7, 11) is 0. The third-order valence-corrected chi connectivity index (χ3v) is 2.95. The van der Waals surface area contributed by atoms with Gasteiger partial charge in [0.1, 0.15) is 18.4 Å². The standard InChI is InChI=1S/C10H11N3O4/c14-5-11-4-7-6-3-9(16-7)13-2-1-8(15)12-10(13)17-6/h1-2,5-7,9H,3-4H2,(H,11,14). The number of rotatable bonds is 3. The summed E-state index contributed by atoms with van der Waals surface area (Å²) in [6.45, 7) is 0.392. The van der Waals surface area contributed by atoms with Crippen LogP contribution in [0.25, 0.3) is 0 Å². The summed E-state index contributed by atoms with van der Waals surface area (Å²) in [5, 5.41) is 2.56. The van der Waals surface area contributed by atoms with Gasteiger partial charge in [-0.2, -0.15) is 4.98 Å². The van der Waals surface area contributed by atoms with E-state index < -0.39 is 0 Å². The second-order valence-corrected chi connectivity index (χ2v) is 4.00. The molecule has 2 aliphatic rings. The molecule has 7 heteroatoms. The number of nitrogens with one attached hydrogen (secondary N) is 1. The predicted octanol–water partition coefficient (Wildman–Crippen LogP) is -0.962. The highest BCUT2D eigenvalue weighted by molar-refractivity contribution is 5.45. The van der Waals surface area contributed by atoms with Gasteiger partial charge in [-0.3, -0.25) is 14.2 Å². The Hall–Kier alpha value is -1.89. The largest absolute Gasteiger partial charge is 0.458 e. The number of amides is 1. The number of ether oxygens (including phenoxy) is 2. The van der Waals surface area contributed by atoms with Crippen molar-refractivity contribution in [2.45, 2.75) is 24.9 Å². The molecule has 3 heterocycles. The van der Waals surface area contributed by atoms with E-state index in [1.807, 2.05) is 0 Å². The highest BCUT2D eigenvalue weighted by Crippen LogP contribution is 2.37. The Kier molecular flexibility index (Phi) is 2.32. The Morgan fingerprint density at radius 1 is 1.65 bits per heavy atom. The molecule has 3 unspecified atom stereocenters. The summed E-state index contributed by atoms with van der Waals surface area (Å²) in [6, 6.07) is 1.65. The van der Waals surface area contributed by atoms with Crippen LogP contribution in [0.1, 0.15) is 12.6 Å². The van der Waals surface area contributed by atoms with Crippen molar-refractivity contribution >= 4 is 6.41 Å². The van der Waals surface area contributed by atoms with E-state index >= 15 is 0 Å². The quantitative estimate of drug-likeness (QED) is 0.684. The first-order chi connectivity index (χ1) is 8.28. The fourth-order valence-corrected chi connectivity index (χ4v) is 2.18. The molecule has 2 aliphatic heterocycles. The van der Waals surface area contributed by atoms with Crippen LogP contribution in [-0.2, 0) is 9.53 Å². The van der Waals surface area contributed by atoms with E-state index in [4.69, 9.17) is 9.47 Å². The van der Waals surface area contributed by atoms with Crippen LogP contribution >= 0.6 is 0 Å². The first-order valence-corrected chi connectivity index (χ1v) is 5.36. The molecule has 1 amide bonds. The van der Waals surface area contributed by atoms with Gasteiger partial charge in [0.2, 0.25) is 6.41 Å². The SMILES string of the molecule is O=CNCC1OC2CC1Oc1nc(=O)ccn12. The molecule has 2 bridgehead atoms. The van der Waals surface area contributed by atoms with Gasteiger partial charge >= 0.3 is 6.01 Å². The van der Waals surface area contributed by atoms with E-state index in [-0.39, 0.29) is 30.0 Å². The van der Waals surface area contributed by atoms with Crippen molar-refractivity contribution in [2.24, 2.45) is 0 Å². The first kappa shape index (κ1) is 10.3. The molecule has 1 N–H and O–H groups in total. The lowest BCUT2D eigenvalue weighted by Crippen LogP contribution is -2.37. The van der Waals surface area contributed by atoms with E-state index in [2.05, 4.69) is 10.3 Å². The Bertz CT molecular complexity index is 501. The molecule has 17 heavy (non-hydrogen) atoms. The zero-order valence-corrected chi connectivity index (χ0v) is 8.91. The number of carbonyl (C=O) groups is 1. The Morgan fingerprint density at radius 2 is 2.53 bits per heavy atom. The molecule has 1 saturated heterocycles. The Morgan fingerprint density at radius 3 is 3.35 bits per heavy atom. The third-order valence-electron chi connectivity index (χ3n) is 2.95. The van der Waals surface area contributed by atoms with Crippen molar-refractivity contribution in [1.82, 2.24) is 14.9 Å². The topological polar surface area (TPSA) is 82.5 Å². The van der Waals surface area contributed by atoms with Gasteiger partial charge in [-0.25, -0.2) is 0 Å². The molecule has 7 nitrogen and oxygen atoms in total. The van der Waals surface area contributed by atoms with Gasteiger partial charge in [-0.1, -0.05) is 0 Å². The summed E-state index contributed by atoms with van der Waals surface area (Å²) < 4.78 is 13.0. The number of carbonyl (C=O) groups excluding carboxylic acids is 1. The molecular formula is C10H11N3O4. The zero-order chi connectivity index (χ0) is 11.8. The molecule has 0 saturated carbocycles. The van der Waals surface area contributed by atoms with Crippen LogP contribution in [0.2, 0.25) is 0 Å². The molecule has 90 valence electrons. The monoisotopic (exact) mass is 237 g/mol. The van der Waals surface area contributed by atoms with Crippen molar-refractivity contribution in [3.8, 4) is 6.01 Å². The van der Waals surface area contributed by atoms with Crippen LogP contribution < -0.4 is 15.6 Å². The van der Waals surface area contributed by atoms with Gasteiger partial charge in [-0.05, 0) is 0 Å². The van der Waals surface area contributed by atoms with E-state index in [0.29, 0.717) is 19.4 Å². The number of hydrogen-bond acceptors (Lipinski definition) is 5. The average Bonchev–Trinajstić information content (AvgIpc) is 2.64. The van der Waals surface area contributed by atoms with Gasteiger partial charge < -0.3 is 14.8 Å². The normalized spacial score (nSPS) is 29.3. The molecule has 0 aromatic carbocycles. The lowest BCUT2D eigenvalue weighted by Gasteiger charge is -2.23. The Labute approximate surface area is 96.4 Å². The maximum absolute atomic E-state index is 11.1. The van der Waals surface area contributed by atoms with Crippen molar-refractivity contribution in [3.63, 3.8) is 0 Å². The molecule has 1 aromatic heterocycles. The Balaban J connectivity index is 1.85. The van der Waals surface area contributed by atoms with Crippen LogP contribution in [0, 0.1) is 0 Å². The molecule has 3 atom stereocenters.